The van der Waals surface area contributed by atoms with Crippen molar-refractivity contribution >= 4 is 18.1 Å². The Kier molecular flexibility index (Phi) is 6.96. The van der Waals surface area contributed by atoms with Crippen LogP contribution in [0.2, 0.25) is 0 Å². The SMILES string of the molecule is COC1(CN(C=O)c2ccc(C(=O)O)cc2)CCN(Cc2ccc3c(c2)C(C)(C)CCO3)CC1. The van der Waals surface area contributed by atoms with Crippen LogP contribution >= 0.6 is 0 Å². The quantitative estimate of drug-likeness (QED) is 0.591. The molecule has 0 unspecified atom stereocenters. The maximum Gasteiger partial charge on any atom is 0.335 e. The Morgan fingerprint density at radius 2 is 1.85 bits per heavy atom. The molecule has 7 heteroatoms. The minimum atomic E-state index is -0.986. The van der Waals surface area contributed by atoms with Gasteiger partial charge in [0, 0.05) is 38.0 Å². The summed E-state index contributed by atoms with van der Waals surface area (Å²) >= 11 is 0. The van der Waals surface area contributed by atoms with Crippen molar-refractivity contribution < 1.29 is 24.2 Å². The predicted octanol–water partition coefficient (Wildman–Crippen LogP) is 4.09. The standard InChI is InChI=1S/C27H34N2O5/c1-26(2)12-15-34-24-9-4-20(16-23(24)26)17-28-13-10-27(33-3,11-14-28)18-29(19-30)22-7-5-21(6-8-22)25(31)32/h4-9,16,19H,10-15,17-18H2,1-3H3,(H,31,32). The molecule has 34 heavy (non-hydrogen) atoms. The summed E-state index contributed by atoms with van der Waals surface area (Å²) in [6.45, 7) is 8.37. The number of piperidine rings is 1. The van der Waals surface area contributed by atoms with Gasteiger partial charge in [-0.05, 0) is 60.6 Å². The molecule has 4 rings (SSSR count). The van der Waals surface area contributed by atoms with Crippen molar-refractivity contribution in [3.63, 3.8) is 0 Å². The molecule has 0 bridgehead atoms. The average molecular weight is 467 g/mol. The van der Waals surface area contributed by atoms with E-state index in [-0.39, 0.29) is 11.0 Å². The molecule has 1 amide bonds. The van der Waals surface area contributed by atoms with E-state index in [0.717, 1.165) is 57.7 Å². The lowest BCUT2D eigenvalue weighted by atomic mass is 9.79. The number of carboxylic acids is 1. The summed E-state index contributed by atoms with van der Waals surface area (Å²) in [5, 5.41) is 9.11. The average Bonchev–Trinajstić information content (AvgIpc) is 2.84. The highest BCUT2D eigenvalue weighted by molar-refractivity contribution is 5.88. The van der Waals surface area contributed by atoms with E-state index in [9.17, 15) is 9.59 Å². The van der Waals surface area contributed by atoms with Gasteiger partial charge in [0.05, 0.1) is 24.3 Å². The van der Waals surface area contributed by atoms with Gasteiger partial charge in [0.25, 0.3) is 0 Å². The Bertz CT molecular complexity index is 1030. The molecule has 0 spiro atoms. The summed E-state index contributed by atoms with van der Waals surface area (Å²) in [5.74, 6) is 0.0161. The highest BCUT2D eigenvalue weighted by Gasteiger charge is 2.37. The number of methoxy groups -OCH3 is 1. The number of ether oxygens (including phenoxy) is 2. The first kappa shape index (κ1) is 24.2. The van der Waals surface area contributed by atoms with Crippen molar-refractivity contribution in [2.75, 3.05) is 38.3 Å². The Labute approximate surface area is 201 Å². The van der Waals surface area contributed by atoms with Crippen LogP contribution in [0, 0.1) is 0 Å². The van der Waals surface area contributed by atoms with Crippen molar-refractivity contribution in [2.24, 2.45) is 0 Å². The molecule has 2 aromatic rings. The zero-order valence-electron chi connectivity index (χ0n) is 20.3. The number of anilines is 1. The number of rotatable bonds is 8. The third-order valence-corrected chi connectivity index (χ3v) is 7.40. The molecule has 2 aromatic carbocycles. The maximum atomic E-state index is 11.9. The van der Waals surface area contributed by atoms with Gasteiger partial charge in [-0.2, -0.15) is 0 Å². The molecule has 2 heterocycles. The number of hydrogen-bond donors (Lipinski definition) is 1. The van der Waals surface area contributed by atoms with Gasteiger partial charge in [-0.1, -0.05) is 26.0 Å². The van der Waals surface area contributed by atoms with Gasteiger partial charge in [-0.3, -0.25) is 9.69 Å². The van der Waals surface area contributed by atoms with Gasteiger partial charge in [-0.15, -0.1) is 0 Å². The third-order valence-electron chi connectivity index (χ3n) is 7.40. The van der Waals surface area contributed by atoms with E-state index in [1.165, 1.54) is 23.3 Å². The number of fused-ring (bicyclic) bond motifs is 1. The fourth-order valence-corrected chi connectivity index (χ4v) is 4.98. The van der Waals surface area contributed by atoms with Crippen LogP contribution in [0.5, 0.6) is 5.75 Å². The van der Waals surface area contributed by atoms with E-state index in [4.69, 9.17) is 14.6 Å². The zero-order valence-corrected chi connectivity index (χ0v) is 20.3. The van der Waals surface area contributed by atoms with Gasteiger partial charge in [-0.25, -0.2) is 4.79 Å². The first-order valence-electron chi connectivity index (χ1n) is 11.8. The van der Waals surface area contributed by atoms with Crippen molar-refractivity contribution in [1.29, 1.82) is 0 Å². The second-order valence-electron chi connectivity index (χ2n) is 10.1. The molecule has 0 atom stereocenters. The molecule has 1 fully saturated rings. The molecule has 7 nitrogen and oxygen atoms in total. The topological polar surface area (TPSA) is 79.3 Å². The summed E-state index contributed by atoms with van der Waals surface area (Å²) < 4.78 is 11.8. The van der Waals surface area contributed by atoms with E-state index in [1.54, 1.807) is 24.1 Å². The third kappa shape index (κ3) is 5.10. The summed E-state index contributed by atoms with van der Waals surface area (Å²) in [5.41, 5.74) is 3.12. The van der Waals surface area contributed by atoms with Crippen LogP contribution < -0.4 is 9.64 Å². The van der Waals surface area contributed by atoms with Crippen molar-refractivity contribution in [2.45, 2.75) is 50.7 Å². The molecule has 1 saturated heterocycles. The van der Waals surface area contributed by atoms with Crippen LogP contribution in [0.1, 0.15) is 54.6 Å². The van der Waals surface area contributed by atoms with Crippen molar-refractivity contribution in [1.82, 2.24) is 4.90 Å². The Balaban J connectivity index is 1.40. The number of aromatic carboxylic acids is 1. The number of carbonyl (C=O) groups excluding carboxylic acids is 1. The van der Waals surface area contributed by atoms with E-state index in [1.807, 2.05) is 0 Å². The summed E-state index contributed by atoms with van der Waals surface area (Å²) in [7, 11) is 1.71. The summed E-state index contributed by atoms with van der Waals surface area (Å²) in [6.07, 6.45) is 3.43. The highest BCUT2D eigenvalue weighted by Crippen LogP contribution is 2.39. The van der Waals surface area contributed by atoms with Gasteiger partial charge in [0.15, 0.2) is 0 Å². The largest absolute Gasteiger partial charge is 0.493 e. The van der Waals surface area contributed by atoms with E-state index >= 15 is 0 Å². The molecule has 0 aromatic heterocycles. The van der Waals surface area contributed by atoms with Gasteiger partial charge < -0.3 is 19.5 Å². The number of nitrogens with zero attached hydrogens (tertiary/aromatic N) is 2. The van der Waals surface area contributed by atoms with Crippen LogP contribution in [0.15, 0.2) is 42.5 Å². The molecule has 182 valence electrons. The van der Waals surface area contributed by atoms with Crippen LogP contribution in [0.3, 0.4) is 0 Å². The maximum absolute atomic E-state index is 11.9. The van der Waals surface area contributed by atoms with Crippen LogP contribution in [0.25, 0.3) is 0 Å². The van der Waals surface area contributed by atoms with Crippen LogP contribution in [-0.4, -0.2) is 61.3 Å². The molecule has 2 aliphatic heterocycles. The van der Waals surface area contributed by atoms with E-state index < -0.39 is 11.6 Å². The van der Waals surface area contributed by atoms with Crippen molar-refractivity contribution in [3.05, 3.63) is 59.2 Å². The lowest BCUT2D eigenvalue weighted by molar-refractivity contribution is -0.109. The second kappa shape index (κ2) is 9.76. The van der Waals surface area contributed by atoms with Crippen LogP contribution in [0.4, 0.5) is 5.69 Å². The number of hydrogen-bond acceptors (Lipinski definition) is 5. The van der Waals surface area contributed by atoms with E-state index in [2.05, 4.69) is 36.9 Å². The highest BCUT2D eigenvalue weighted by atomic mass is 16.5. The smallest absolute Gasteiger partial charge is 0.335 e. The van der Waals surface area contributed by atoms with Gasteiger partial charge >= 0.3 is 5.97 Å². The predicted molar refractivity (Wildman–Crippen MR) is 131 cm³/mol. The van der Waals surface area contributed by atoms with Crippen LogP contribution in [-0.2, 0) is 21.5 Å². The lowest BCUT2D eigenvalue weighted by Gasteiger charge is -2.43. The number of benzene rings is 2. The molecule has 2 aliphatic rings. The second-order valence-corrected chi connectivity index (χ2v) is 10.1. The Morgan fingerprint density at radius 3 is 2.47 bits per heavy atom. The van der Waals surface area contributed by atoms with Gasteiger partial charge in [0.2, 0.25) is 6.41 Å². The number of amides is 1. The van der Waals surface area contributed by atoms with Gasteiger partial charge in [0.1, 0.15) is 5.75 Å². The molecule has 0 radical (unpaired) electrons. The first-order valence-corrected chi connectivity index (χ1v) is 11.8. The van der Waals surface area contributed by atoms with E-state index in [0.29, 0.717) is 12.2 Å². The fraction of sp³-hybridized carbons (Fsp3) is 0.481. The number of carboxylic acid groups (broad SMARTS) is 1. The summed E-state index contributed by atoms with van der Waals surface area (Å²) in [4.78, 5) is 27.0. The Hall–Kier alpha value is -2.90. The number of likely N-dealkylation sites (tertiary alicyclic amines) is 1. The monoisotopic (exact) mass is 466 g/mol. The molecule has 0 aliphatic carbocycles. The Morgan fingerprint density at radius 1 is 1.15 bits per heavy atom. The van der Waals surface area contributed by atoms with Crippen molar-refractivity contribution in [3.8, 4) is 5.75 Å². The normalized spacial score (nSPS) is 19.0. The zero-order chi connectivity index (χ0) is 24.3. The first-order chi connectivity index (χ1) is 16.2. The molecule has 1 N–H and O–H groups in total. The molecular weight excluding hydrogens is 432 g/mol. The lowest BCUT2D eigenvalue weighted by Crippen LogP contribution is -2.51. The summed E-state index contributed by atoms with van der Waals surface area (Å²) in [6, 6.07) is 12.9. The number of carbonyl (C=O) groups is 2. The minimum absolute atomic E-state index is 0.123. The molecular formula is C27H34N2O5. The minimum Gasteiger partial charge on any atom is -0.493 e. The fourth-order valence-electron chi connectivity index (χ4n) is 4.98. The molecule has 0 saturated carbocycles.